The molecule has 1 atom stereocenters. The number of ether oxygens (including phenoxy) is 2. The number of rotatable bonds is 6. The zero-order valence-corrected chi connectivity index (χ0v) is 17.1. The first-order valence-electron chi connectivity index (χ1n) is 10.8. The van der Waals surface area contributed by atoms with Crippen molar-refractivity contribution < 1.29 is 9.47 Å². The second-order valence-corrected chi connectivity index (χ2v) is 8.32. The van der Waals surface area contributed by atoms with Crippen LogP contribution < -0.4 is 10.4 Å². The van der Waals surface area contributed by atoms with Gasteiger partial charge in [0.1, 0.15) is 0 Å². The number of pyridine rings is 1. The van der Waals surface area contributed by atoms with E-state index in [1.54, 1.807) is 10.8 Å². The van der Waals surface area contributed by atoms with Crippen molar-refractivity contribution >= 4 is 22.1 Å². The number of hydrogen-bond donors (Lipinski definition) is 0. The van der Waals surface area contributed by atoms with Crippen molar-refractivity contribution in [2.24, 2.45) is 5.92 Å². The van der Waals surface area contributed by atoms with Crippen molar-refractivity contribution in [3.05, 3.63) is 58.9 Å². The van der Waals surface area contributed by atoms with Crippen molar-refractivity contribution in [2.75, 3.05) is 19.8 Å². The highest BCUT2D eigenvalue weighted by atomic mass is 16.5. The number of fused-ring (bicyclic) bond motifs is 2. The van der Waals surface area contributed by atoms with E-state index in [9.17, 15) is 4.79 Å². The van der Waals surface area contributed by atoms with Gasteiger partial charge in [-0.3, -0.25) is 9.13 Å². The molecule has 1 aromatic carbocycles. The van der Waals surface area contributed by atoms with Crippen molar-refractivity contribution in [3.63, 3.8) is 0 Å². The zero-order chi connectivity index (χ0) is 20.8. The van der Waals surface area contributed by atoms with E-state index in [0.29, 0.717) is 24.2 Å². The van der Waals surface area contributed by atoms with Gasteiger partial charge in [0.25, 0.3) is 0 Å². The van der Waals surface area contributed by atoms with E-state index in [1.807, 2.05) is 41.0 Å². The van der Waals surface area contributed by atoms with E-state index in [4.69, 9.17) is 19.4 Å². The van der Waals surface area contributed by atoms with Gasteiger partial charge in [-0.15, -0.1) is 0 Å². The fourth-order valence-corrected chi connectivity index (χ4v) is 4.25. The molecule has 1 saturated heterocycles. The van der Waals surface area contributed by atoms with Crippen LogP contribution in [0.2, 0.25) is 0 Å². The summed E-state index contributed by atoms with van der Waals surface area (Å²) in [6.45, 7) is 2.34. The summed E-state index contributed by atoms with van der Waals surface area (Å²) in [5.41, 5.74) is 2.29. The van der Waals surface area contributed by atoms with Crippen LogP contribution in [-0.2, 0) is 11.3 Å². The summed E-state index contributed by atoms with van der Waals surface area (Å²) in [6, 6.07) is 11.9. The second-order valence-electron chi connectivity index (χ2n) is 8.32. The average Bonchev–Trinajstić information content (AvgIpc) is 3.41. The lowest BCUT2D eigenvalue weighted by molar-refractivity contribution is 0.166. The molecule has 3 aromatic heterocycles. The topological polar surface area (TPSA) is 84.1 Å². The molecule has 0 N–H and O–H groups in total. The number of imidazole rings is 1. The van der Waals surface area contributed by atoms with Crippen molar-refractivity contribution in [1.82, 2.24) is 24.1 Å². The molecule has 8 heteroatoms. The molecule has 0 radical (unpaired) electrons. The first-order valence-corrected chi connectivity index (χ1v) is 10.8. The molecule has 6 rings (SSSR count). The van der Waals surface area contributed by atoms with Crippen LogP contribution in [0, 0.1) is 5.92 Å². The molecule has 8 nitrogen and oxygen atoms in total. The summed E-state index contributed by atoms with van der Waals surface area (Å²) in [7, 11) is 0. The number of nitrogens with zero attached hydrogens (tertiary/aromatic N) is 5. The zero-order valence-electron chi connectivity index (χ0n) is 17.1. The van der Waals surface area contributed by atoms with E-state index in [-0.39, 0.29) is 18.3 Å². The third-order valence-corrected chi connectivity index (χ3v) is 6.03. The van der Waals surface area contributed by atoms with Crippen LogP contribution in [-0.4, -0.2) is 43.9 Å². The summed E-state index contributed by atoms with van der Waals surface area (Å²) in [5.74, 6) is 1.49. The molecular weight excluding hydrogens is 394 g/mol. The molecule has 4 heterocycles. The maximum absolute atomic E-state index is 13.2. The number of para-hydroxylation sites is 1. The standard InChI is InChI=1S/C23H23N5O3/c29-23-27(19-6-3-10-24-21(19)28(23)16-7-8-16)12-20-25-18-5-2-1-4-17(18)22(26-20)31-14-15-9-11-30-13-15/h1-6,10,15-16H,7-9,11-14H2. The molecule has 1 aliphatic carbocycles. The summed E-state index contributed by atoms with van der Waals surface area (Å²) in [5, 5.41) is 0.875. The van der Waals surface area contributed by atoms with Gasteiger partial charge in [0.15, 0.2) is 11.5 Å². The molecule has 0 spiro atoms. The highest BCUT2D eigenvalue weighted by Crippen LogP contribution is 2.35. The molecule has 2 aliphatic rings. The highest BCUT2D eigenvalue weighted by Gasteiger charge is 2.29. The largest absolute Gasteiger partial charge is 0.477 e. The predicted octanol–water partition coefficient (Wildman–Crippen LogP) is 2.94. The molecule has 31 heavy (non-hydrogen) atoms. The summed E-state index contributed by atoms with van der Waals surface area (Å²) in [4.78, 5) is 27.1. The fraction of sp³-hybridized carbons (Fsp3) is 0.391. The molecule has 0 bridgehead atoms. The minimum Gasteiger partial charge on any atom is -0.477 e. The van der Waals surface area contributed by atoms with Crippen LogP contribution in [0.25, 0.3) is 22.1 Å². The van der Waals surface area contributed by atoms with Crippen LogP contribution in [0.4, 0.5) is 0 Å². The van der Waals surface area contributed by atoms with Crippen LogP contribution in [0.5, 0.6) is 5.88 Å². The highest BCUT2D eigenvalue weighted by molar-refractivity contribution is 5.83. The van der Waals surface area contributed by atoms with Gasteiger partial charge in [-0.25, -0.2) is 14.8 Å². The lowest BCUT2D eigenvalue weighted by Crippen LogP contribution is -2.25. The van der Waals surface area contributed by atoms with Gasteiger partial charge in [-0.1, -0.05) is 12.1 Å². The Kier molecular flexibility index (Phi) is 4.45. The third-order valence-electron chi connectivity index (χ3n) is 6.03. The van der Waals surface area contributed by atoms with Crippen molar-refractivity contribution in [3.8, 4) is 5.88 Å². The Labute approximate surface area is 178 Å². The van der Waals surface area contributed by atoms with Gasteiger partial charge in [0, 0.05) is 24.8 Å². The SMILES string of the molecule is O=c1n(Cc2nc(OCC3CCOC3)c3ccccc3n2)c2cccnc2n1C1CC1. The molecule has 4 aromatic rings. The summed E-state index contributed by atoms with van der Waals surface area (Å²) >= 11 is 0. The van der Waals surface area contributed by atoms with E-state index < -0.39 is 0 Å². The number of hydrogen-bond acceptors (Lipinski definition) is 6. The molecule has 2 fully saturated rings. The average molecular weight is 417 g/mol. The van der Waals surface area contributed by atoms with Gasteiger partial charge in [-0.2, -0.15) is 4.98 Å². The molecule has 1 aliphatic heterocycles. The molecule has 0 amide bonds. The Bertz CT molecular complexity index is 1320. The van der Waals surface area contributed by atoms with E-state index in [0.717, 1.165) is 54.5 Å². The van der Waals surface area contributed by atoms with Crippen LogP contribution in [0.15, 0.2) is 47.4 Å². The van der Waals surface area contributed by atoms with E-state index >= 15 is 0 Å². The minimum atomic E-state index is -0.0569. The summed E-state index contributed by atoms with van der Waals surface area (Å²) in [6.07, 6.45) is 4.77. The van der Waals surface area contributed by atoms with E-state index in [2.05, 4.69) is 4.98 Å². The fourth-order valence-electron chi connectivity index (χ4n) is 4.25. The van der Waals surface area contributed by atoms with Gasteiger partial charge < -0.3 is 9.47 Å². The number of aromatic nitrogens is 5. The predicted molar refractivity (Wildman–Crippen MR) is 115 cm³/mol. The maximum atomic E-state index is 13.2. The monoisotopic (exact) mass is 417 g/mol. The van der Waals surface area contributed by atoms with E-state index in [1.165, 1.54) is 0 Å². The quantitative estimate of drug-likeness (QED) is 0.480. The Morgan fingerprint density at radius 2 is 2.00 bits per heavy atom. The minimum absolute atomic E-state index is 0.0569. The van der Waals surface area contributed by atoms with Gasteiger partial charge in [0.05, 0.1) is 36.2 Å². The lowest BCUT2D eigenvalue weighted by Gasteiger charge is -2.13. The van der Waals surface area contributed by atoms with Crippen LogP contribution in [0.1, 0.15) is 31.1 Å². The second kappa shape index (κ2) is 7.46. The smallest absolute Gasteiger partial charge is 0.331 e. The van der Waals surface area contributed by atoms with Crippen LogP contribution >= 0.6 is 0 Å². The molecule has 1 unspecified atom stereocenters. The van der Waals surface area contributed by atoms with Crippen molar-refractivity contribution in [2.45, 2.75) is 31.8 Å². The molecular formula is C23H23N5O3. The molecule has 1 saturated carbocycles. The first kappa shape index (κ1) is 18.5. The van der Waals surface area contributed by atoms with Gasteiger partial charge >= 0.3 is 5.69 Å². The number of benzene rings is 1. The Morgan fingerprint density at radius 1 is 1.10 bits per heavy atom. The maximum Gasteiger partial charge on any atom is 0.331 e. The third kappa shape index (κ3) is 3.37. The first-order chi connectivity index (χ1) is 15.3. The summed E-state index contributed by atoms with van der Waals surface area (Å²) < 4.78 is 15.1. The van der Waals surface area contributed by atoms with Crippen molar-refractivity contribution in [1.29, 1.82) is 0 Å². The van der Waals surface area contributed by atoms with Gasteiger partial charge in [0.2, 0.25) is 5.88 Å². The lowest BCUT2D eigenvalue weighted by atomic mass is 10.1. The van der Waals surface area contributed by atoms with Crippen LogP contribution in [0.3, 0.4) is 0 Å². The molecule has 158 valence electrons. The van der Waals surface area contributed by atoms with Gasteiger partial charge in [-0.05, 0) is 43.5 Å². The normalized spacial score (nSPS) is 18.8. The Morgan fingerprint density at radius 3 is 2.84 bits per heavy atom. The Balaban J connectivity index is 1.40. The Hall–Kier alpha value is -3.26.